The van der Waals surface area contributed by atoms with Gasteiger partial charge in [0.15, 0.2) is 5.78 Å². The van der Waals surface area contributed by atoms with Crippen LogP contribution in [-0.2, 0) is 12.8 Å². The van der Waals surface area contributed by atoms with Crippen molar-refractivity contribution in [3.05, 3.63) is 81.7 Å². The van der Waals surface area contributed by atoms with Crippen molar-refractivity contribution in [2.45, 2.75) is 26.7 Å². The first-order valence-electron chi connectivity index (χ1n) is 8.48. The topological polar surface area (TPSA) is 17.1 Å². The number of halogens is 1. The lowest BCUT2D eigenvalue weighted by Gasteiger charge is -2.05. The zero-order valence-corrected chi connectivity index (χ0v) is 16.0. The summed E-state index contributed by atoms with van der Waals surface area (Å²) in [5.74, 6) is 0.805. The van der Waals surface area contributed by atoms with Gasteiger partial charge in [-0.05, 0) is 53.3 Å². The first-order valence-corrected chi connectivity index (χ1v) is 9.67. The fourth-order valence-corrected chi connectivity index (χ4v) is 3.87. The van der Waals surface area contributed by atoms with Gasteiger partial charge < -0.3 is 0 Å². The molecule has 0 N–H and O–H groups in total. The van der Waals surface area contributed by atoms with Crippen LogP contribution in [0.5, 0.6) is 0 Å². The summed E-state index contributed by atoms with van der Waals surface area (Å²) < 4.78 is 0. The number of carbonyl (C=O) groups excluding carboxylic acids is 1. The molecule has 2 aromatic carbocycles. The van der Waals surface area contributed by atoms with Crippen LogP contribution in [0.2, 0.25) is 5.02 Å². The van der Waals surface area contributed by atoms with E-state index in [1.54, 1.807) is 11.3 Å². The molecular formula is C22H21ClOS. The van der Waals surface area contributed by atoms with Crippen LogP contribution in [0.4, 0.5) is 0 Å². The Kier molecular flexibility index (Phi) is 5.72. The van der Waals surface area contributed by atoms with Crippen molar-refractivity contribution in [2.24, 2.45) is 5.92 Å². The molecule has 0 fully saturated rings. The molecule has 1 heterocycles. The molecule has 0 unspecified atom stereocenters. The molecule has 0 aliphatic rings. The third-order valence-corrected chi connectivity index (χ3v) is 5.47. The lowest BCUT2D eigenvalue weighted by molar-refractivity contribution is 0.0997. The highest BCUT2D eigenvalue weighted by atomic mass is 35.5. The molecule has 0 aliphatic heterocycles. The molecule has 0 aliphatic carbocycles. The maximum Gasteiger partial charge on any atom is 0.177 e. The third-order valence-electron chi connectivity index (χ3n) is 4.04. The number of hydrogen-bond donors (Lipinski definition) is 0. The molecule has 3 heteroatoms. The monoisotopic (exact) mass is 368 g/mol. The first-order chi connectivity index (χ1) is 12.0. The normalized spacial score (nSPS) is 11.0. The van der Waals surface area contributed by atoms with Crippen LogP contribution in [0.25, 0.3) is 10.4 Å². The van der Waals surface area contributed by atoms with Crippen molar-refractivity contribution in [3.63, 3.8) is 0 Å². The van der Waals surface area contributed by atoms with Crippen molar-refractivity contribution in [2.75, 3.05) is 0 Å². The van der Waals surface area contributed by atoms with Crippen LogP contribution in [0.15, 0.2) is 60.7 Å². The van der Waals surface area contributed by atoms with E-state index in [4.69, 9.17) is 11.6 Å². The molecule has 128 valence electrons. The molecule has 0 amide bonds. The van der Waals surface area contributed by atoms with Crippen molar-refractivity contribution >= 4 is 28.7 Å². The lowest BCUT2D eigenvalue weighted by Crippen LogP contribution is -2.00. The van der Waals surface area contributed by atoms with Crippen LogP contribution < -0.4 is 0 Å². The lowest BCUT2D eigenvalue weighted by atomic mass is 10.0. The fraction of sp³-hybridized carbons (Fsp3) is 0.227. The van der Waals surface area contributed by atoms with Crippen LogP contribution >= 0.6 is 22.9 Å². The smallest absolute Gasteiger partial charge is 0.177 e. The molecule has 3 aromatic rings. The minimum absolute atomic E-state index is 0.148. The number of carbonyl (C=O) groups is 1. The molecule has 1 aromatic heterocycles. The van der Waals surface area contributed by atoms with E-state index in [-0.39, 0.29) is 5.78 Å². The summed E-state index contributed by atoms with van der Waals surface area (Å²) in [7, 11) is 0. The van der Waals surface area contributed by atoms with E-state index in [1.807, 2.05) is 36.4 Å². The van der Waals surface area contributed by atoms with Crippen molar-refractivity contribution in [1.29, 1.82) is 0 Å². The van der Waals surface area contributed by atoms with Gasteiger partial charge in [-0.25, -0.2) is 0 Å². The minimum atomic E-state index is 0.148. The van der Waals surface area contributed by atoms with E-state index in [9.17, 15) is 4.79 Å². The highest BCUT2D eigenvalue weighted by Crippen LogP contribution is 2.29. The Hall–Kier alpha value is -1.90. The van der Waals surface area contributed by atoms with Crippen molar-refractivity contribution < 1.29 is 4.79 Å². The number of benzene rings is 2. The van der Waals surface area contributed by atoms with Crippen LogP contribution in [0.1, 0.15) is 34.6 Å². The van der Waals surface area contributed by atoms with Gasteiger partial charge in [0.05, 0.1) is 4.88 Å². The fourth-order valence-electron chi connectivity index (χ4n) is 2.79. The SMILES string of the molecule is CC(C)Cc1ccc(-c2ccc(C(=O)Cc3ccc(Cl)cc3)s2)cc1. The Bertz CT molecular complexity index is 844. The van der Waals surface area contributed by atoms with Gasteiger partial charge in [-0.15, -0.1) is 11.3 Å². The summed E-state index contributed by atoms with van der Waals surface area (Å²) in [5, 5.41) is 0.690. The van der Waals surface area contributed by atoms with Gasteiger partial charge in [-0.2, -0.15) is 0 Å². The highest BCUT2D eigenvalue weighted by Gasteiger charge is 2.11. The second kappa shape index (κ2) is 7.99. The molecule has 0 saturated heterocycles. The standard InChI is InChI=1S/C22H21ClOS/c1-15(2)13-16-3-7-18(8-4-16)21-11-12-22(25-21)20(24)14-17-5-9-19(23)10-6-17/h3-12,15H,13-14H2,1-2H3. The predicted octanol–water partition coefficient (Wildman–Crippen LogP) is 6.69. The van der Waals surface area contributed by atoms with E-state index in [1.165, 1.54) is 11.1 Å². The number of hydrogen-bond acceptors (Lipinski definition) is 2. The summed E-state index contributed by atoms with van der Waals surface area (Å²) in [6.45, 7) is 4.46. The van der Waals surface area contributed by atoms with E-state index in [2.05, 4.69) is 38.1 Å². The molecule has 1 nitrogen and oxygen atoms in total. The molecule has 3 rings (SSSR count). The molecule has 0 atom stereocenters. The van der Waals surface area contributed by atoms with Crippen LogP contribution in [0.3, 0.4) is 0 Å². The Morgan fingerprint density at radius 3 is 2.20 bits per heavy atom. The summed E-state index contributed by atoms with van der Waals surface area (Å²) >= 11 is 7.45. The van der Waals surface area contributed by atoms with Gasteiger partial charge >= 0.3 is 0 Å². The minimum Gasteiger partial charge on any atom is -0.293 e. The number of ketones is 1. The molecule has 0 radical (unpaired) electrons. The average molecular weight is 369 g/mol. The Morgan fingerprint density at radius 2 is 1.56 bits per heavy atom. The first kappa shape index (κ1) is 17.9. The largest absolute Gasteiger partial charge is 0.293 e. The Balaban J connectivity index is 1.71. The van der Waals surface area contributed by atoms with Gasteiger partial charge in [0.25, 0.3) is 0 Å². The second-order valence-electron chi connectivity index (χ2n) is 6.69. The summed E-state index contributed by atoms with van der Waals surface area (Å²) in [4.78, 5) is 14.4. The quantitative estimate of drug-likeness (QED) is 0.443. The number of rotatable bonds is 6. The Labute approximate surface area is 158 Å². The molecular weight excluding hydrogens is 348 g/mol. The van der Waals surface area contributed by atoms with E-state index in [0.717, 1.165) is 21.7 Å². The molecule has 0 spiro atoms. The van der Waals surface area contributed by atoms with Gasteiger partial charge in [0, 0.05) is 16.3 Å². The van der Waals surface area contributed by atoms with Gasteiger partial charge in [-0.3, -0.25) is 4.79 Å². The van der Waals surface area contributed by atoms with Crippen molar-refractivity contribution in [1.82, 2.24) is 0 Å². The molecule has 0 saturated carbocycles. The van der Waals surface area contributed by atoms with Gasteiger partial charge in [-0.1, -0.05) is 61.8 Å². The zero-order chi connectivity index (χ0) is 17.8. The molecule has 25 heavy (non-hydrogen) atoms. The number of thiophene rings is 1. The van der Waals surface area contributed by atoms with Crippen molar-refractivity contribution in [3.8, 4) is 10.4 Å². The van der Waals surface area contributed by atoms with Crippen LogP contribution in [0, 0.1) is 5.92 Å². The second-order valence-corrected chi connectivity index (χ2v) is 8.21. The van der Waals surface area contributed by atoms with Crippen LogP contribution in [-0.4, -0.2) is 5.78 Å². The van der Waals surface area contributed by atoms with E-state index < -0.39 is 0 Å². The van der Waals surface area contributed by atoms with E-state index in [0.29, 0.717) is 17.4 Å². The maximum absolute atomic E-state index is 12.5. The van der Waals surface area contributed by atoms with Gasteiger partial charge in [0.1, 0.15) is 0 Å². The predicted molar refractivity (Wildman–Crippen MR) is 108 cm³/mol. The summed E-state index contributed by atoms with van der Waals surface area (Å²) in [6, 6.07) is 20.1. The third kappa shape index (κ3) is 4.81. The highest BCUT2D eigenvalue weighted by molar-refractivity contribution is 7.17. The average Bonchev–Trinajstić information content (AvgIpc) is 3.07. The molecule has 0 bridgehead atoms. The Morgan fingerprint density at radius 1 is 0.920 bits per heavy atom. The maximum atomic E-state index is 12.5. The zero-order valence-electron chi connectivity index (χ0n) is 14.5. The van der Waals surface area contributed by atoms with E-state index >= 15 is 0 Å². The number of Topliss-reactive ketones (excluding diaryl/α,β-unsaturated/α-hetero) is 1. The summed E-state index contributed by atoms with van der Waals surface area (Å²) in [5.41, 5.74) is 3.51. The summed E-state index contributed by atoms with van der Waals surface area (Å²) in [6.07, 6.45) is 1.50. The van der Waals surface area contributed by atoms with Gasteiger partial charge in [0.2, 0.25) is 0 Å².